The van der Waals surface area contributed by atoms with Crippen molar-refractivity contribution in [2.75, 3.05) is 29.5 Å². The number of aliphatic hydroxyl groups is 1. The highest BCUT2D eigenvalue weighted by Gasteiger charge is 2.23. The smallest absolute Gasteiger partial charge is 0.225 e. The van der Waals surface area contributed by atoms with Crippen LogP contribution in [0.1, 0.15) is 11.3 Å². The minimum atomic E-state index is -2.88. The molecule has 0 amide bonds. The Morgan fingerprint density at radius 2 is 2.06 bits per heavy atom. The summed E-state index contributed by atoms with van der Waals surface area (Å²) in [4.78, 5) is 10.3. The molecule has 1 aliphatic heterocycles. The molecule has 0 atom stereocenters. The molecule has 0 saturated carbocycles. The van der Waals surface area contributed by atoms with Crippen LogP contribution in [0.15, 0.2) is 6.20 Å². The molecule has 1 aromatic rings. The highest BCUT2D eigenvalue weighted by atomic mass is 32.2. The second-order valence-corrected chi connectivity index (χ2v) is 6.38. The van der Waals surface area contributed by atoms with Crippen LogP contribution < -0.4 is 4.90 Å². The van der Waals surface area contributed by atoms with Gasteiger partial charge >= 0.3 is 0 Å². The van der Waals surface area contributed by atoms with Crippen LogP contribution in [0.2, 0.25) is 0 Å². The van der Waals surface area contributed by atoms with E-state index in [9.17, 15) is 8.42 Å². The fourth-order valence-electron chi connectivity index (χ4n) is 1.70. The summed E-state index contributed by atoms with van der Waals surface area (Å²) in [7, 11) is -2.88. The van der Waals surface area contributed by atoms with Crippen molar-refractivity contribution in [1.82, 2.24) is 9.97 Å². The largest absolute Gasteiger partial charge is 0.392 e. The number of aryl methyl sites for hydroxylation is 1. The zero-order valence-electron chi connectivity index (χ0n) is 9.63. The second-order valence-electron chi connectivity index (χ2n) is 4.08. The predicted molar refractivity (Wildman–Crippen MR) is 63.6 cm³/mol. The zero-order chi connectivity index (χ0) is 12.5. The number of aliphatic hydroxyl groups excluding tert-OH is 1. The number of nitrogens with zero attached hydrogens (tertiary/aromatic N) is 3. The minimum absolute atomic E-state index is 0.0828. The first-order chi connectivity index (χ1) is 8.02. The van der Waals surface area contributed by atoms with Crippen molar-refractivity contribution < 1.29 is 13.5 Å². The molecule has 0 aliphatic carbocycles. The van der Waals surface area contributed by atoms with Crippen molar-refractivity contribution in [3.63, 3.8) is 0 Å². The van der Waals surface area contributed by atoms with Crippen LogP contribution >= 0.6 is 0 Å². The molecule has 7 heteroatoms. The highest BCUT2D eigenvalue weighted by molar-refractivity contribution is 7.91. The van der Waals surface area contributed by atoms with Gasteiger partial charge in [-0.25, -0.2) is 18.4 Å². The first-order valence-electron chi connectivity index (χ1n) is 5.40. The quantitative estimate of drug-likeness (QED) is 0.770. The Morgan fingerprint density at radius 3 is 2.59 bits per heavy atom. The summed E-state index contributed by atoms with van der Waals surface area (Å²) >= 11 is 0. The molecule has 94 valence electrons. The van der Waals surface area contributed by atoms with Gasteiger partial charge in [-0.3, -0.25) is 0 Å². The molecule has 0 unspecified atom stereocenters. The summed E-state index contributed by atoms with van der Waals surface area (Å²) in [5.41, 5.74) is 1.42. The third kappa shape index (κ3) is 2.73. The van der Waals surface area contributed by atoms with Crippen molar-refractivity contribution in [1.29, 1.82) is 0 Å². The van der Waals surface area contributed by atoms with Crippen LogP contribution in [0.4, 0.5) is 5.95 Å². The maximum atomic E-state index is 11.3. The molecular formula is C10H15N3O3S. The molecule has 6 nitrogen and oxygen atoms in total. The number of sulfone groups is 1. The van der Waals surface area contributed by atoms with Gasteiger partial charge in [-0.1, -0.05) is 0 Å². The summed E-state index contributed by atoms with van der Waals surface area (Å²) in [6.45, 7) is 2.58. The molecule has 17 heavy (non-hydrogen) atoms. The second kappa shape index (κ2) is 4.58. The van der Waals surface area contributed by atoms with E-state index in [1.54, 1.807) is 13.1 Å². The number of anilines is 1. The molecule has 2 heterocycles. The van der Waals surface area contributed by atoms with E-state index >= 15 is 0 Å². The van der Waals surface area contributed by atoms with Gasteiger partial charge in [0, 0.05) is 30.5 Å². The molecule has 0 bridgehead atoms. The van der Waals surface area contributed by atoms with Gasteiger partial charge in [0.25, 0.3) is 0 Å². The highest BCUT2D eigenvalue weighted by Crippen LogP contribution is 2.14. The summed E-state index contributed by atoms with van der Waals surface area (Å²) in [5.74, 6) is 0.837. The zero-order valence-corrected chi connectivity index (χ0v) is 10.4. The normalized spacial score (nSPS) is 19.3. The van der Waals surface area contributed by atoms with E-state index in [4.69, 9.17) is 5.11 Å². The minimum Gasteiger partial charge on any atom is -0.392 e. The molecule has 0 radical (unpaired) electrons. The van der Waals surface area contributed by atoms with E-state index in [0.29, 0.717) is 24.6 Å². The number of hydrogen-bond acceptors (Lipinski definition) is 6. The first-order valence-corrected chi connectivity index (χ1v) is 7.23. The Labute approximate surface area is 100 Å². The van der Waals surface area contributed by atoms with E-state index in [-0.39, 0.29) is 18.1 Å². The van der Waals surface area contributed by atoms with E-state index in [2.05, 4.69) is 9.97 Å². The maximum Gasteiger partial charge on any atom is 0.225 e. The average molecular weight is 257 g/mol. The summed E-state index contributed by atoms with van der Waals surface area (Å²) in [5, 5.41) is 9.02. The average Bonchev–Trinajstić information content (AvgIpc) is 2.29. The number of rotatable bonds is 2. The van der Waals surface area contributed by atoms with E-state index in [1.165, 1.54) is 0 Å². The predicted octanol–water partition coefficient (Wildman–Crippen LogP) is -0.488. The Kier molecular flexibility index (Phi) is 3.30. The summed E-state index contributed by atoms with van der Waals surface area (Å²) < 4.78 is 22.6. The van der Waals surface area contributed by atoms with Gasteiger partial charge < -0.3 is 10.0 Å². The molecular weight excluding hydrogens is 242 g/mol. The van der Waals surface area contributed by atoms with Crippen molar-refractivity contribution in [2.24, 2.45) is 0 Å². The Balaban J connectivity index is 2.16. The van der Waals surface area contributed by atoms with Crippen LogP contribution in [0, 0.1) is 6.92 Å². The maximum absolute atomic E-state index is 11.3. The topological polar surface area (TPSA) is 83.4 Å². The summed E-state index contributed by atoms with van der Waals surface area (Å²) in [6.07, 6.45) is 1.58. The monoisotopic (exact) mass is 257 g/mol. The van der Waals surface area contributed by atoms with Crippen LogP contribution in [-0.2, 0) is 16.4 Å². The standard InChI is InChI=1S/C10H15N3O3S/c1-8-9(7-14)6-11-10(12-8)13-2-4-17(15,16)5-3-13/h6,14H,2-5,7H2,1H3. The van der Waals surface area contributed by atoms with Gasteiger partial charge in [-0.05, 0) is 6.92 Å². The lowest BCUT2D eigenvalue weighted by molar-refractivity contribution is 0.280. The van der Waals surface area contributed by atoms with Crippen LogP contribution in [-0.4, -0.2) is 48.1 Å². The molecule has 2 rings (SSSR count). The number of aromatic nitrogens is 2. The van der Waals surface area contributed by atoms with Crippen molar-refractivity contribution in [3.8, 4) is 0 Å². The van der Waals surface area contributed by atoms with Crippen molar-refractivity contribution >= 4 is 15.8 Å². The molecule has 1 saturated heterocycles. The van der Waals surface area contributed by atoms with Gasteiger partial charge in [0.2, 0.25) is 5.95 Å². The van der Waals surface area contributed by atoms with Crippen molar-refractivity contribution in [2.45, 2.75) is 13.5 Å². The lowest BCUT2D eigenvalue weighted by Crippen LogP contribution is -2.41. The van der Waals surface area contributed by atoms with E-state index < -0.39 is 9.84 Å². The Bertz CT molecular complexity index is 502. The molecule has 1 fully saturated rings. The first kappa shape index (κ1) is 12.3. The Hall–Kier alpha value is -1.21. The molecule has 1 N–H and O–H groups in total. The van der Waals surface area contributed by atoms with Gasteiger partial charge in [0.15, 0.2) is 9.84 Å². The molecule has 1 aliphatic rings. The van der Waals surface area contributed by atoms with Crippen LogP contribution in [0.25, 0.3) is 0 Å². The fraction of sp³-hybridized carbons (Fsp3) is 0.600. The lowest BCUT2D eigenvalue weighted by Gasteiger charge is -2.26. The van der Waals surface area contributed by atoms with E-state index in [0.717, 1.165) is 5.69 Å². The number of hydrogen-bond donors (Lipinski definition) is 1. The SMILES string of the molecule is Cc1nc(N2CCS(=O)(=O)CC2)ncc1CO. The van der Waals surface area contributed by atoms with E-state index in [1.807, 2.05) is 4.90 Å². The van der Waals surface area contributed by atoms with Crippen molar-refractivity contribution in [3.05, 3.63) is 17.5 Å². The van der Waals surface area contributed by atoms with Gasteiger partial charge in [-0.15, -0.1) is 0 Å². The van der Waals surface area contributed by atoms with Gasteiger partial charge in [0.05, 0.1) is 18.1 Å². The summed E-state index contributed by atoms with van der Waals surface area (Å²) in [6, 6.07) is 0. The lowest BCUT2D eigenvalue weighted by atomic mass is 10.2. The Morgan fingerprint density at radius 1 is 1.41 bits per heavy atom. The van der Waals surface area contributed by atoms with Gasteiger partial charge in [0.1, 0.15) is 0 Å². The van der Waals surface area contributed by atoms with Crippen LogP contribution in [0.3, 0.4) is 0 Å². The molecule has 1 aromatic heterocycles. The molecule has 0 spiro atoms. The van der Waals surface area contributed by atoms with Gasteiger partial charge in [-0.2, -0.15) is 0 Å². The third-order valence-electron chi connectivity index (χ3n) is 2.87. The third-order valence-corrected chi connectivity index (χ3v) is 4.48. The molecule has 0 aromatic carbocycles. The fourth-order valence-corrected chi connectivity index (χ4v) is 2.90. The van der Waals surface area contributed by atoms with Crippen LogP contribution in [0.5, 0.6) is 0 Å².